The number of rotatable bonds is 6. The first-order chi connectivity index (χ1) is 9.74. The van der Waals surface area contributed by atoms with Crippen LogP contribution in [0, 0.1) is 0 Å². The van der Waals surface area contributed by atoms with Crippen LogP contribution in [-0.4, -0.2) is 24.3 Å². The number of aromatic hydroxyl groups is 1. The molecule has 0 radical (unpaired) electrons. The van der Waals surface area contributed by atoms with Crippen molar-refractivity contribution >= 4 is 0 Å². The zero-order chi connectivity index (χ0) is 14.4. The Hall–Kier alpha value is -2.27. The predicted molar refractivity (Wildman–Crippen MR) is 76.0 cm³/mol. The molecule has 0 aliphatic rings. The Kier molecular flexibility index (Phi) is 4.79. The minimum atomic E-state index is 0.247. The number of hydrogen-bond donors (Lipinski definition) is 2. The van der Waals surface area contributed by atoms with Gasteiger partial charge in [-0.05, 0) is 24.3 Å². The number of pyridine rings is 1. The largest absolute Gasteiger partial charge is 0.508 e. The highest BCUT2D eigenvalue weighted by Crippen LogP contribution is 2.23. The maximum atomic E-state index is 9.80. The molecule has 0 saturated heterocycles. The highest BCUT2D eigenvalue weighted by atomic mass is 16.5. The first-order valence-corrected chi connectivity index (χ1v) is 6.29. The minimum Gasteiger partial charge on any atom is -0.508 e. The van der Waals surface area contributed by atoms with Crippen LogP contribution in [0.3, 0.4) is 0 Å². The van der Waals surface area contributed by atoms with Gasteiger partial charge in [0.2, 0.25) is 5.88 Å². The second-order valence-corrected chi connectivity index (χ2v) is 4.27. The van der Waals surface area contributed by atoms with Gasteiger partial charge >= 0.3 is 0 Å². The minimum absolute atomic E-state index is 0.247. The van der Waals surface area contributed by atoms with Gasteiger partial charge in [-0.1, -0.05) is 6.07 Å². The van der Waals surface area contributed by atoms with Crippen molar-refractivity contribution in [3.05, 3.63) is 47.7 Å². The van der Waals surface area contributed by atoms with E-state index < -0.39 is 0 Å². The van der Waals surface area contributed by atoms with E-state index in [-0.39, 0.29) is 5.75 Å². The third-order valence-corrected chi connectivity index (χ3v) is 2.96. The number of methoxy groups -OCH3 is 2. The molecule has 0 unspecified atom stereocenters. The lowest BCUT2D eigenvalue weighted by molar-refractivity contribution is 0.390. The summed E-state index contributed by atoms with van der Waals surface area (Å²) < 4.78 is 10.3. The average Bonchev–Trinajstić information content (AvgIpc) is 2.49. The Morgan fingerprint density at radius 3 is 2.65 bits per heavy atom. The van der Waals surface area contributed by atoms with E-state index in [1.807, 2.05) is 18.2 Å². The van der Waals surface area contributed by atoms with Gasteiger partial charge in [-0.25, -0.2) is 4.98 Å². The Balaban J connectivity index is 1.99. The third kappa shape index (κ3) is 3.39. The summed E-state index contributed by atoms with van der Waals surface area (Å²) in [6.45, 7) is 1.13. The highest BCUT2D eigenvalue weighted by molar-refractivity contribution is 5.39. The Morgan fingerprint density at radius 1 is 1.10 bits per heavy atom. The smallest absolute Gasteiger partial charge is 0.217 e. The van der Waals surface area contributed by atoms with Crippen molar-refractivity contribution in [1.29, 1.82) is 0 Å². The SMILES string of the molecule is COc1ccc(O)c(CNCc2cccnc2OC)c1. The fourth-order valence-corrected chi connectivity index (χ4v) is 1.90. The zero-order valence-corrected chi connectivity index (χ0v) is 11.6. The van der Waals surface area contributed by atoms with Crippen molar-refractivity contribution in [2.75, 3.05) is 14.2 Å². The molecule has 5 heteroatoms. The summed E-state index contributed by atoms with van der Waals surface area (Å²) in [5.41, 5.74) is 1.75. The molecule has 0 spiro atoms. The van der Waals surface area contributed by atoms with E-state index in [2.05, 4.69) is 10.3 Å². The van der Waals surface area contributed by atoms with Gasteiger partial charge in [0.25, 0.3) is 0 Å². The molecule has 0 atom stereocenters. The number of ether oxygens (including phenoxy) is 2. The van der Waals surface area contributed by atoms with Gasteiger partial charge in [0, 0.05) is 30.4 Å². The van der Waals surface area contributed by atoms with E-state index in [1.165, 1.54) is 0 Å². The standard InChI is InChI=1S/C15H18N2O3/c1-19-13-5-6-14(18)12(8-13)10-16-9-11-4-3-7-17-15(11)20-2/h3-8,16,18H,9-10H2,1-2H3. The van der Waals surface area contributed by atoms with Crippen molar-refractivity contribution in [2.45, 2.75) is 13.1 Å². The second kappa shape index (κ2) is 6.77. The molecule has 106 valence electrons. The highest BCUT2D eigenvalue weighted by Gasteiger charge is 2.05. The second-order valence-electron chi connectivity index (χ2n) is 4.27. The van der Waals surface area contributed by atoms with E-state index in [4.69, 9.17) is 9.47 Å². The summed E-state index contributed by atoms with van der Waals surface area (Å²) in [5.74, 6) is 1.57. The summed E-state index contributed by atoms with van der Waals surface area (Å²) in [6, 6.07) is 8.97. The lowest BCUT2D eigenvalue weighted by Crippen LogP contribution is -2.14. The van der Waals surface area contributed by atoms with Gasteiger partial charge in [0.15, 0.2) is 0 Å². The van der Waals surface area contributed by atoms with Crippen LogP contribution in [0.25, 0.3) is 0 Å². The van der Waals surface area contributed by atoms with Gasteiger partial charge in [0.1, 0.15) is 11.5 Å². The van der Waals surface area contributed by atoms with Crippen molar-refractivity contribution in [3.63, 3.8) is 0 Å². The van der Waals surface area contributed by atoms with Crippen LogP contribution >= 0.6 is 0 Å². The molecule has 0 amide bonds. The Labute approximate surface area is 118 Å². The van der Waals surface area contributed by atoms with Crippen LogP contribution in [0.2, 0.25) is 0 Å². The first kappa shape index (κ1) is 14.1. The van der Waals surface area contributed by atoms with Crippen LogP contribution in [0.5, 0.6) is 17.4 Å². The fourth-order valence-electron chi connectivity index (χ4n) is 1.90. The van der Waals surface area contributed by atoms with E-state index in [9.17, 15) is 5.11 Å². The summed E-state index contributed by atoms with van der Waals surface area (Å²) >= 11 is 0. The Bertz CT molecular complexity index is 573. The van der Waals surface area contributed by atoms with Gasteiger partial charge < -0.3 is 19.9 Å². The predicted octanol–water partition coefficient (Wildman–Crippen LogP) is 2.09. The first-order valence-electron chi connectivity index (χ1n) is 6.29. The lowest BCUT2D eigenvalue weighted by atomic mass is 10.2. The summed E-state index contributed by atoms with van der Waals surface area (Å²) in [4.78, 5) is 4.14. The molecule has 1 aromatic carbocycles. The van der Waals surface area contributed by atoms with Gasteiger partial charge in [-0.15, -0.1) is 0 Å². The van der Waals surface area contributed by atoms with E-state index in [0.29, 0.717) is 19.0 Å². The number of nitrogens with zero attached hydrogens (tertiary/aromatic N) is 1. The van der Waals surface area contributed by atoms with E-state index >= 15 is 0 Å². The number of phenols is 1. The molecular formula is C15H18N2O3. The monoisotopic (exact) mass is 274 g/mol. The van der Waals surface area contributed by atoms with E-state index in [0.717, 1.165) is 16.9 Å². The molecule has 2 rings (SSSR count). The van der Waals surface area contributed by atoms with Crippen LogP contribution in [0.15, 0.2) is 36.5 Å². The summed E-state index contributed by atoms with van der Waals surface area (Å²) in [6.07, 6.45) is 1.69. The summed E-state index contributed by atoms with van der Waals surface area (Å²) in [7, 11) is 3.20. The molecule has 0 saturated carbocycles. The molecule has 0 aliphatic heterocycles. The fraction of sp³-hybridized carbons (Fsp3) is 0.267. The van der Waals surface area contributed by atoms with Crippen LogP contribution in [0.1, 0.15) is 11.1 Å². The number of phenolic OH excluding ortho intramolecular Hbond substituents is 1. The molecule has 1 heterocycles. The quantitative estimate of drug-likeness (QED) is 0.844. The molecule has 2 aromatic rings. The van der Waals surface area contributed by atoms with Gasteiger partial charge in [-0.2, -0.15) is 0 Å². The molecule has 20 heavy (non-hydrogen) atoms. The zero-order valence-electron chi connectivity index (χ0n) is 11.6. The Morgan fingerprint density at radius 2 is 1.90 bits per heavy atom. The van der Waals surface area contributed by atoms with Crippen molar-refractivity contribution in [2.24, 2.45) is 0 Å². The maximum Gasteiger partial charge on any atom is 0.217 e. The number of nitrogens with one attached hydrogen (secondary N) is 1. The topological polar surface area (TPSA) is 63.6 Å². The van der Waals surface area contributed by atoms with Gasteiger partial charge in [-0.3, -0.25) is 0 Å². The molecular weight excluding hydrogens is 256 g/mol. The van der Waals surface area contributed by atoms with E-state index in [1.54, 1.807) is 32.5 Å². The third-order valence-electron chi connectivity index (χ3n) is 2.96. The molecule has 5 nitrogen and oxygen atoms in total. The summed E-state index contributed by atoms with van der Waals surface area (Å²) in [5, 5.41) is 13.0. The number of benzene rings is 1. The maximum absolute atomic E-state index is 9.80. The van der Waals surface area contributed by atoms with Crippen molar-refractivity contribution in [3.8, 4) is 17.4 Å². The number of aromatic nitrogens is 1. The van der Waals surface area contributed by atoms with Crippen LogP contribution in [0.4, 0.5) is 0 Å². The van der Waals surface area contributed by atoms with Crippen LogP contribution < -0.4 is 14.8 Å². The van der Waals surface area contributed by atoms with Crippen LogP contribution in [-0.2, 0) is 13.1 Å². The normalized spacial score (nSPS) is 10.3. The molecule has 2 N–H and O–H groups in total. The number of hydrogen-bond acceptors (Lipinski definition) is 5. The lowest BCUT2D eigenvalue weighted by Gasteiger charge is -2.10. The average molecular weight is 274 g/mol. The van der Waals surface area contributed by atoms with Crippen molar-refractivity contribution in [1.82, 2.24) is 10.3 Å². The molecule has 0 bridgehead atoms. The molecule has 0 fully saturated rings. The van der Waals surface area contributed by atoms with Gasteiger partial charge in [0.05, 0.1) is 14.2 Å². The van der Waals surface area contributed by atoms with Crippen molar-refractivity contribution < 1.29 is 14.6 Å². The molecule has 0 aliphatic carbocycles. The molecule has 1 aromatic heterocycles.